The number of hydrogen-bond acceptors (Lipinski definition) is 3. The highest BCUT2D eigenvalue weighted by Gasteiger charge is 2.31. The molecule has 2 aliphatic rings. The van der Waals surface area contributed by atoms with Crippen molar-refractivity contribution < 1.29 is 19.4 Å². The third-order valence-corrected chi connectivity index (χ3v) is 8.00. The van der Waals surface area contributed by atoms with Crippen LogP contribution in [0.5, 0.6) is 5.75 Å². The summed E-state index contributed by atoms with van der Waals surface area (Å²) in [7, 11) is 1.71. The second-order valence-corrected chi connectivity index (χ2v) is 10.5. The number of aliphatic carboxylic acids is 1. The molecule has 0 radical (unpaired) electrons. The van der Waals surface area contributed by atoms with Crippen molar-refractivity contribution in [3.8, 4) is 5.75 Å². The number of ether oxygens (including phenoxy) is 1. The van der Waals surface area contributed by atoms with Crippen molar-refractivity contribution >= 4 is 23.6 Å². The van der Waals surface area contributed by atoms with E-state index in [-0.39, 0.29) is 11.8 Å². The monoisotopic (exact) mass is 489 g/mol. The molecule has 2 aliphatic carbocycles. The van der Waals surface area contributed by atoms with Gasteiger partial charge in [0.1, 0.15) is 5.75 Å². The topological polar surface area (TPSA) is 66.8 Å². The first kappa shape index (κ1) is 26.0. The van der Waals surface area contributed by atoms with Crippen LogP contribution in [-0.2, 0) is 9.59 Å². The number of rotatable bonds is 8. The van der Waals surface area contributed by atoms with E-state index in [1.165, 1.54) is 17.5 Å². The first-order chi connectivity index (χ1) is 17.4. The molecule has 2 saturated carbocycles. The van der Waals surface area contributed by atoms with E-state index >= 15 is 0 Å². The number of anilines is 1. The number of carboxylic acids is 1. The molecule has 0 heterocycles. The summed E-state index contributed by atoms with van der Waals surface area (Å²) in [6.45, 7) is 2.83. The Hall–Kier alpha value is -3.08. The molecule has 5 nitrogen and oxygen atoms in total. The molecule has 0 aromatic heterocycles. The molecular formula is C31H39NO4. The van der Waals surface area contributed by atoms with Crippen LogP contribution in [0.25, 0.3) is 6.08 Å². The van der Waals surface area contributed by atoms with Gasteiger partial charge in [-0.2, -0.15) is 0 Å². The minimum Gasteiger partial charge on any atom is -0.496 e. The fourth-order valence-electron chi connectivity index (χ4n) is 5.95. The summed E-state index contributed by atoms with van der Waals surface area (Å²) in [6, 6.07) is 14.3. The van der Waals surface area contributed by atoms with Crippen LogP contribution in [0.4, 0.5) is 5.69 Å². The molecule has 0 atom stereocenters. The average molecular weight is 490 g/mol. The first-order valence-electron chi connectivity index (χ1n) is 13.4. The lowest BCUT2D eigenvalue weighted by molar-refractivity contribution is -0.131. The number of benzene rings is 2. The van der Waals surface area contributed by atoms with Crippen molar-refractivity contribution in [3.05, 3.63) is 65.2 Å². The van der Waals surface area contributed by atoms with Crippen LogP contribution in [0.2, 0.25) is 0 Å². The summed E-state index contributed by atoms with van der Waals surface area (Å²) in [5.74, 6) is 1.31. The fourth-order valence-corrected chi connectivity index (χ4v) is 5.95. The van der Waals surface area contributed by atoms with E-state index in [2.05, 4.69) is 25.1 Å². The Morgan fingerprint density at radius 3 is 2.42 bits per heavy atom. The molecule has 4 rings (SSSR count). The van der Waals surface area contributed by atoms with Gasteiger partial charge in [0.2, 0.25) is 5.91 Å². The zero-order valence-corrected chi connectivity index (χ0v) is 21.6. The van der Waals surface area contributed by atoms with Crippen LogP contribution in [-0.4, -0.2) is 30.6 Å². The predicted octanol–water partition coefficient (Wildman–Crippen LogP) is 6.99. The predicted molar refractivity (Wildman–Crippen MR) is 144 cm³/mol. The lowest BCUT2D eigenvalue weighted by Gasteiger charge is -2.35. The van der Waals surface area contributed by atoms with Crippen molar-refractivity contribution in [2.75, 3.05) is 18.6 Å². The van der Waals surface area contributed by atoms with Crippen LogP contribution in [0, 0.1) is 18.8 Å². The van der Waals surface area contributed by atoms with E-state index in [1.807, 2.05) is 29.2 Å². The summed E-state index contributed by atoms with van der Waals surface area (Å²) < 4.78 is 5.43. The highest BCUT2D eigenvalue weighted by atomic mass is 16.5. The quantitative estimate of drug-likeness (QED) is 0.406. The molecule has 0 spiro atoms. The summed E-state index contributed by atoms with van der Waals surface area (Å²) >= 11 is 0. The zero-order valence-electron chi connectivity index (χ0n) is 21.6. The third kappa shape index (κ3) is 6.57. The standard InChI is InChI=1S/C31H39NO4/c1-22-19-27(16-17-29(22)36-2)25-14-11-24(12-15-25)21-32(31(35)26-8-4-3-5-9-26)28-10-6-7-23(20-28)13-18-30(33)34/h6-7,10,13,16-20,24-26H,3-5,8-9,11-12,14-15,21H2,1-2H3,(H,33,34). The number of hydrogen-bond donors (Lipinski definition) is 1. The minimum absolute atomic E-state index is 0.0931. The Morgan fingerprint density at radius 1 is 1.00 bits per heavy atom. The number of nitrogens with zero attached hydrogens (tertiary/aromatic N) is 1. The molecule has 2 aromatic carbocycles. The largest absolute Gasteiger partial charge is 0.496 e. The molecule has 1 N–H and O–H groups in total. The molecule has 2 aromatic rings. The van der Waals surface area contributed by atoms with E-state index in [4.69, 9.17) is 9.84 Å². The van der Waals surface area contributed by atoms with Gasteiger partial charge >= 0.3 is 5.97 Å². The van der Waals surface area contributed by atoms with Crippen LogP contribution in [0.1, 0.15) is 80.4 Å². The SMILES string of the molecule is COc1ccc(C2CCC(CN(C(=O)C3CCCCC3)c3cccc(C=CC(=O)O)c3)CC2)cc1C. The number of carboxylic acid groups (broad SMARTS) is 1. The maximum atomic E-state index is 13.7. The first-order valence-corrected chi connectivity index (χ1v) is 13.4. The van der Waals surface area contributed by atoms with E-state index in [0.717, 1.165) is 81.0 Å². The second kappa shape index (κ2) is 12.2. The molecule has 0 aliphatic heterocycles. The maximum absolute atomic E-state index is 13.7. The van der Waals surface area contributed by atoms with Gasteiger partial charge in [0.25, 0.3) is 0 Å². The highest BCUT2D eigenvalue weighted by molar-refractivity contribution is 5.95. The normalized spacial score (nSPS) is 20.8. The Morgan fingerprint density at radius 2 is 1.75 bits per heavy atom. The van der Waals surface area contributed by atoms with E-state index < -0.39 is 5.97 Å². The summed E-state index contributed by atoms with van der Waals surface area (Å²) in [5, 5.41) is 9.02. The summed E-state index contributed by atoms with van der Waals surface area (Å²) in [6.07, 6.45) is 12.6. The summed E-state index contributed by atoms with van der Waals surface area (Å²) in [4.78, 5) is 26.7. The Kier molecular flexibility index (Phi) is 8.84. The smallest absolute Gasteiger partial charge is 0.328 e. The Bertz CT molecular complexity index is 1080. The number of amides is 1. The number of carbonyl (C=O) groups is 2. The average Bonchev–Trinajstić information content (AvgIpc) is 2.91. The molecule has 0 bridgehead atoms. The molecular weight excluding hydrogens is 450 g/mol. The molecule has 1 amide bonds. The molecule has 36 heavy (non-hydrogen) atoms. The third-order valence-electron chi connectivity index (χ3n) is 8.00. The zero-order chi connectivity index (χ0) is 25.5. The van der Waals surface area contributed by atoms with Gasteiger partial charge in [0.05, 0.1) is 7.11 Å². The van der Waals surface area contributed by atoms with Crippen molar-refractivity contribution in [3.63, 3.8) is 0 Å². The van der Waals surface area contributed by atoms with Gasteiger partial charge in [-0.05, 0) is 98.2 Å². The van der Waals surface area contributed by atoms with Crippen molar-refractivity contribution in [1.82, 2.24) is 0 Å². The molecule has 5 heteroatoms. The van der Waals surface area contributed by atoms with Crippen LogP contribution in [0.3, 0.4) is 0 Å². The van der Waals surface area contributed by atoms with E-state index in [9.17, 15) is 9.59 Å². The second-order valence-electron chi connectivity index (χ2n) is 10.5. The summed E-state index contributed by atoms with van der Waals surface area (Å²) in [5.41, 5.74) is 4.25. The van der Waals surface area contributed by atoms with Gasteiger partial charge in [-0.15, -0.1) is 0 Å². The molecule has 0 unspecified atom stereocenters. The lowest BCUT2D eigenvalue weighted by Crippen LogP contribution is -2.41. The Balaban J connectivity index is 1.48. The van der Waals surface area contributed by atoms with Gasteiger partial charge in [-0.3, -0.25) is 4.79 Å². The maximum Gasteiger partial charge on any atom is 0.328 e. The van der Waals surface area contributed by atoms with E-state index in [1.54, 1.807) is 13.2 Å². The Labute approximate surface area is 215 Å². The van der Waals surface area contributed by atoms with Gasteiger partial charge in [-0.25, -0.2) is 4.79 Å². The van der Waals surface area contributed by atoms with Crippen molar-refractivity contribution in [2.45, 2.75) is 70.6 Å². The van der Waals surface area contributed by atoms with Crippen LogP contribution < -0.4 is 9.64 Å². The molecule has 0 saturated heterocycles. The highest BCUT2D eigenvalue weighted by Crippen LogP contribution is 2.38. The van der Waals surface area contributed by atoms with Gasteiger partial charge < -0.3 is 14.7 Å². The van der Waals surface area contributed by atoms with Gasteiger partial charge in [0.15, 0.2) is 0 Å². The molecule has 2 fully saturated rings. The number of aryl methyl sites for hydroxylation is 1. The van der Waals surface area contributed by atoms with Crippen molar-refractivity contribution in [1.29, 1.82) is 0 Å². The fraction of sp³-hybridized carbons (Fsp3) is 0.484. The van der Waals surface area contributed by atoms with Crippen LogP contribution >= 0.6 is 0 Å². The number of methoxy groups -OCH3 is 1. The number of carbonyl (C=O) groups excluding carboxylic acids is 1. The van der Waals surface area contributed by atoms with Crippen molar-refractivity contribution in [2.24, 2.45) is 11.8 Å². The van der Waals surface area contributed by atoms with Crippen LogP contribution in [0.15, 0.2) is 48.5 Å². The lowest BCUT2D eigenvalue weighted by atomic mass is 9.78. The van der Waals surface area contributed by atoms with Gasteiger partial charge in [0, 0.05) is 24.2 Å². The minimum atomic E-state index is -0.973. The molecule has 192 valence electrons. The van der Waals surface area contributed by atoms with E-state index in [0.29, 0.717) is 11.8 Å². The van der Waals surface area contributed by atoms with Gasteiger partial charge in [-0.1, -0.05) is 43.5 Å².